The molecule has 3 heteroatoms. The summed E-state index contributed by atoms with van der Waals surface area (Å²) in [6.45, 7) is 1.99. The molecule has 98 valence electrons. The Kier molecular flexibility index (Phi) is 4.18. The monoisotopic (exact) mass is 256 g/mol. The molecule has 0 heterocycles. The Morgan fingerprint density at radius 2 is 1.74 bits per heavy atom. The Hall–Kier alpha value is -2.29. The van der Waals surface area contributed by atoms with Crippen LogP contribution in [0.1, 0.15) is 22.8 Å². The van der Waals surface area contributed by atoms with Gasteiger partial charge in [0.25, 0.3) is 0 Å². The molecule has 3 nitrogen and oxygen atoms in total. The van der Waals surface area contributed by atoms with Crippen molar-refractivity contribution < 1.29 is 14.3 Å². The van der Waals surface area contributed by atoms with Gasteiger partial charge < -0.3 is 9.47 Å². The number of rotatable bonds is 5. The first-order valence-corrected chi connectivity index (χ1v) is 6.06. The van der Waals surface area contributed by atoms with Gasteiger partial charge in [0.15, 0.2) is 5.78 Å². The molecule has 0 spiro atoms. The fraction of sp³-hybridized carbons (Fsp3) is 0.188. The third kappa shape index (κ3) is 3.58. The highest BCUT2D eigenvalue weighted by atomic mass is 16.5. The average molecular weight is 256 g/mol. The summed E-state index contributed by atoms with van der Waals surface area (Å²) in [4.78, 5) is 11.4. The van der Waals surface area contributed by atoms with E-state index in [1.165, 1.54) is 6.92 Å². The fourth-order valence-corrected chi connectivity index (χ4v) is 1.72. The highest BCUT2D eigenvalue weighted by Crippen LogP contribution is 2.23. The lowest BCUT2D eigenvalue weighted by Crippen LogP contribution is -1.99. The minimum absolute atomic E-state index is 0.0107. The fourth-order valence-electron chi connectivity index (χ4n) is 1.72. The Balaban J connectivity index is 2.15. The van der Waals surface area contributed by atoms with E-state index in [1.54, 1.807) is 25.3 Å². The molecule has 0 unspecified atom stereocenters. The van der Waals surface area contributed by atoms with Gasteiger partial charge in [0, 0.05) is 11.6 Å². The predicted octanol–water partition coefficient (Wildman–Crippen LogP) is 3.48. The second-order valence-electron chi connectivity index (χ2n) is 4.23. The van der Waals surface area contributed by atoms with Crippen molar-refractivity contribution in [2.24, 2.45) is 0 Å². The van der Waals surface area contributed by atoms with E-state index in [0.29, 0.717) is 23.7 Å². The van der Waals surface area contributed by atoms with E-state index in [1.807, 2.05) is 30.3 Å². The summed E-state index contributed by atoms with van der Waals surface area (Å²) >= 11 is 0. The van der Waals surface area contributed by atoms with E-state index < -0.39 is 0 Å². The summed E-state index contributed by atoms with van der Waals surface area (Å²) < 4.78 is 10.9. The maximum absolute atomic E-state index is 11.4. The zero-order chi connectivity index (χ0) is 13.7. The Morgan fingerprint density at radius 1 is 1.05 bits per heavy atom. The maximum Gasteiger partial charge on any atom is 0.160 e. The Bertz CT molecular complexity index is 561. The number of benzene rings is 2. The lowest BCUT2D eigenvalue weighted by molar-refractivity contribution is 0.101. The number of hydrogen-bond donors (Lipinski definition) is 0. The van der Waals surface area contributed by atoms with Crippen molar-refractivity contribution in [3.05, 3.63) is 59.7 Å². The van der Waals surface area contributed by atoms with E-state index >= 15 is 0 Å². The number of ether oxygens (including phenoxy) is 2. The van der Waals surface area contributed by atoms with Crippen LogP contribution < -0.4 is 9.47 Å². The number of ketones is 1. The molecule has 0 aliphatic carbocycles. The van der Waals surface area contributed by atoms with E-state index in [-0.39, 0.29) is 5.78 Å². The highest BCUT2D eigenvalue weighted by Gasteiger charge is 2.06. The molecular formula is C16H16O3. The van der Waals surface area contributed by atoms with Gasteiger partial charge in [0.2, 0.25) is 0 Å². The van der Waals surface area contributed by atoms with Crippen LogP contribution in [0, 0.1) is 0 Å². The quantitative estimate of drug-likeness (QED) is 0.768. The van der Waals surface area contributed by atoms with E-state index in [2.05, 4.69) is 0 Å². The number of hydrogen-bond acceptors (Lipinski definition) is 3. The molecule has 0 bridgehead atoms. The SMILES string of the molecule is COc1cc(OCc2ccccc2)cc(C(C)=O)c1. The van der Waals surface area contributed by atoms with Gasteiger partial charge in [-0.05, 0) is 24.6 Å². The summed E-state index contributed by atoms with van der Waals surface area (Å²) in [5.74, 6) is 1.24. The van der Waals surface area contributed by atoms with Gasteiger partial charge in [-0.25, -0.2) is 0 Å². The molecule has 2 aromatic rings. The molecule has 0 saturated carbocycles. The van der Waals surface area contributed by atoms with Crippen LogP contribution in [0.3, 0.4) is 0 Å². The van der Waals surface area contributed by atoms with Crippen molar-refractivity contribution in [3.8, 4) is 11.5 Å². The molecule has 2 rings (SSSR count). The molecule has 0 aliphatic heterocycles. The summed E-state index contributed by atoms with van der Waals surface area (Å²) in [6, 6.07) is 15.1. The number of carbonyl (C=O) groups is 1. The van der Waals surface area contributed by atoms with Crippen LogP contribution in [0.25, 0.3) is 0 Å². The average Bonchev–Trinajstić information content (AvgIpc) is 2.45. The summed E-state index contributed by atoms with van der Waals surface area (Å²) in [5.41, 5.74) is 1.66. The summed E-state index contributed by atoms with van der Waals surface area (Å²) in [6.07, 6.45) is 0. The van der Waals surface area contributed by atoms with Crippen LogP contribution in [0.15, 0.2) is 48.5 Å². The molecule has 0 atom stereocenters. The van der Waals surface area contributed by atoms with Crippen molar-refractivity contribution >= 4 is 5.78 Å². The zero-order valence-electron chi connectivity index (χ0n) is 11.1. The van der Waals surface area contributed by atoms with Gasteiger partial charge in [-0.1, -0.05) is 30.3 Å². The van der Waals surface area contributed by atoms with Crippen LogP contribution in [0.2, 0.25) is 0 Å². The largest absolute Gasteiger partial charge is 0.497 e. The van der Waals surface area contributed by atoms with Crippen molar-refractivity contribution in [3.63, 3.8) is 0 Å². The number of Topliss-reactive ketones (excluding diaryl/α,β-unsaturated/α-hetero) is 1. The topological polar surface area (TPSA) is 35.5 Å². The molecule has 0 aromatic heterocycles. The van der Waals surface area contributed by atoms with Crippen LogP contribution in [-0.4, -0.2) is 12.9 Å². The number of methoxy groups -OCH3 is 1. The molecule has 0 radical (unpaired) electrons. The van der Waals surface area contributed by atoms with Crippen LogP contribution >= 0.6 is 0 Å². The molecular weight excluding hydrogens is 240 g/mol. The second-order valence-corrected chi connectivity index (χ2v) is 4.23. The van der Waals surface area contributed by atoms with Crippen molar-refractivity contribution in [1.29, 1.82) is 0 Å². The normalized spacial score (nSPS) is 10.0. The smallest absolute Gasteiger partial charge is 0.160 e. The standard InChI is InChI=1S/C16H16O3/c1-12(17)14-8-15(18-2)10-16(9-14)19-11-13-6-4-3-5-7-13/h3-10H,11H2,1-2H3. The molecule has 0 saturated heterocycles. The first-order valence-electron chi connectivity index (χ1n) is 6.06. The predicted molar refractivity (Wildman–Crippen MR) is 73.8 cm³/mol. The van der Waals surface area contributed by atoms with Crippen molar-refractivity contribution in [1.82, 2.24) is 0 Å². The molecule has 19 heavy (non-hydrogen) atoms. The lowest BCUT2D eigenvalue weighted by Gasteiger charge is -2.09. The van der Waals surface area contributed by atoms with Gasteiger partial charge in [0.1, 0.15) is 18.1 Å². The van der Waals surface area contributed by atoms with Gasteiger partial charge in [-0.15, -0.1) is 0 Å². The van der Waals surface area contributed by atoms with E-state index in [9.17, 15) is 4.79 Å². The van der Waals surface area contributed by atoms with Crippen molar-refractivity contribution in [2.45, 2.75) is 13.5 Å². The minimum atomic E-state index is -0.0107. The first-order chi connectivity index (χ1) is 9.19. The molecule has 0 amide bonds. The van der Waals surface area contributed by atoms with Gasteiger partial charge in [-0.3, -0.25) is 4.79 Å². The van der Waals surface area contributed by atoms with Crippen LogP contribution in [0.4, 0.5) is 0 Å². The molecule has 0 aliphatic rings. The minimum Gasteiger partial charge on any atom is -0.497 e. The molecule has 2 aromatic carbocycles. The number of carbonyl (C=O) groups excluding carboxylic acids is 1. The van der Waals surface area contributed by atoms with Crippen LogP contribution in [-0.2, 0) is 6.61 Å². The van der Waals surface area contributed by atoms with Gasteiger partial charge in [-0.2, -0.15) is 0 Å². The summed E-state index contributed by atoms with van der Waals surface area (Å²) in [5, 5.41) is 0. The Morgan fingerprint density at radius 3 is 2.37 bits per heavy atom. The molecule has 0 N–H and O–H groups in total. The van der Waals surface area contributed by atoms with Crippen molar-refractivity contribution in [2.75, 3.05) is 7.11 Å². The van der Waals surface area contributed by atoms with E-state index in [4.69, 9.17) is 9.47 Å². The Labute approximate surface area is 112 Å². The zero-order valence-corrected chi connectivity index (χ0v) is 11.1. The van der Waals surface area contributed by atoms with Crippen LogP contribution in [0.5, 0.6) is 11.5 Å². The highest BCUT2D eigenvalue weighted by molar-refractivity contribution is 5.94. The summed E-state index contributed by atoms with van der Waals surface area (Å²) in [7, 11) is 1.57. The van der Waals surface area contributed by atoms with Gasteiger partial charge >= 0.3 is 0 Å². The third-order valence-corrected chi connectivity index (χ3v) is 2.77. The van der Waals surface area contributed by atoms with E-state index in [0.717, 1.165) is 5.56 Å². The molecule has 0 fully saturated rings. The first kappa shape index (κ1) is 13.1. The van der Waals surface area contributed by atoms with Gasteiger partial charge in [0.05, 0.1) is 7.11 Å². The maximum atomic E-state index is 11.4. The third-order valence-electron chi connectivity index (χ3n) is 2.77. The lowest BCUT2D eigenvalue weighted by atomic mass is 10.1. The second kappa shape index (κ2) is 6.05.